The van der Waals surface area contributed by atoms with Crippen molar-refractivity contribution < 1.29 is 27.8 Å². The molecule has 0 heterocycles. The third-order valence-electron chi connectivity index (χ3n) is 1.78. The molecule has 1 N–H and O–H groups in total. The predicted molar refractivity (Wildman–Crippen MR) is 54.3 cm³/mol. The third-order valence-corrected chi connectivity index (χ3v) is 1.78. The van der Waals surface area contributed by atoms with E-state index in [-0.39, 0.29) is 17.7 Å². The largest absolute Gasteiger partial charge is 0.481 e. The number of aliphatic carboxylic acids is 1. The number of ether oxygens (including phenoxy) is 1. The molecule has 0 aromatic heterocycles. The second kappa shape index (κ2) is 5.93. The molecule has 17 heavy (non-hydrogen) atoms. The Hall–Kier alpha value is -1.98. The van der Waals surface area contributed by atoms with E-state index in [1.807, 2.05) is 0 Å². The number of hydrogen-bond donors (Lipinski definition) is 1. The van der Waals surface area contributed by atoms with Crippen LogP contribution in [0.2, 0.25) is 0 Å². The predicted octanol–water partition coefficient (Wildman–Crippen LogP) is 2.92. The summed E-state index contributed by atoms with van der Waals surface area (Å²) in [4.78, 5) is 10.2. The van der Waals surface area contributed by atoms with Gasteiger partial charge in [-0.15, -0.1) is 0 Å². The summed E-state index contributed by atoms with van der Waals surface area (Å²) in [7, 11) is 0. The molecule has 0 radical (unpaired) electrons. The zero-order chi connectivity index (χ0) is 12.8. The van der Waals surface area contributed by atoms with Crippen molar-refractivity contribution in [1.82, 2.24) is 0 Å². The van der Waals surface area contributed by atoms with Gasteiger partial charge in [-0.25, -0.2) is 4.39 Å². The zero-order valence-electron chi connectivity index (χ0n) is 8.57. The highest BCUT2D eigenvalue weighted by Gasteiger charge is 2.09. The smallest absolute Gasteiger partial charge is 0.387 e. The van der Waals surface area contributed by atoms with E-state index >= 15 is 0 Å². The van der Waals surface area contributed by atoms with Gasteiger partial charge in [-0.2, -0.15) is 8.78 Å². The molecule has 1 aromatic carbocycles. The summed E-state index contributed by atoms with van der Waals surface area (Å²) in [6.45, 7) is -3.07. The maximum absolute atomic E-state index is 12.8. The second-order valence-corrected chi connectivity index (χ2v) is 3.06. The van der Waals surface area contributed by atoms with Crippen molar-refractivity contribution in [1.29, 1.82) is 0 Å². The Kier molecular flexibility index (Phi) is 4.56. The molecule has 0 saturated carbocycles. The lowest BCUT2D eigenvalue weighted by Gasteiger charge is -2.07. The molecule has 0 saturated heterocycles. The number of halogens is 3. The van der Waals surface area contributed by atoms with E-state index in [9.17, 15) is 18.0 Å². The lowest BCUT2D eigenvalue weighted by atomic mass is 10.1. The Morgan fingerprint density at radius 3 is 2.76 bits per heavy atom. The van der Waals surface area contributed by atoms with E-state index in [0.717, 1.165) is 12.1 Å². The minimum absolute atomic E-state index is 0.188. The number of carbonyl (C=O) groups is 1. The third kappa shape index (κ3) is 4.58. The quantitative estimate of drug-likeness (QED) is 0.868. The van der Waals surface area contributed by atoms with Gasteiger partial charge in [0.2, 0.25) is 0 Å². The fourth-order valence-corrected chi connectivity index (χ4v) is 1.13. The Labute approximate surface area is 95.1 Å². The molecule has 0 aliphatic carbocycles. The number of hydrogen-bond acceptors (Lipinski definition) is 2. The summed E-state index contributed by atoms with van der Waals surface area (Å²) >= 11 is 0. The van der Waals surface area contributed by atoms with Gasteiger partial charge in [0.15, 0.2) is 0 Å². The lowest BCUT2D eigenvalue weighted by molar-refractivity contribution is -0.135. The Balaban J connectivity index is 2.89. The fourth-order valence-electron chi connectivity index (χ4n) is 1.13. The van der Waals surface area contributed by atoms with E-state index in [1.165, 1.54) is 18.2 Å². The first-order valence-corrected chi connectivity index (χ1v) is 4.61. The van der Waals surface area contributed by atoms with Gasteiger partial charge in [0.05, 0.1) is 6.42 Å². The van der Waals surface area contributed by atoms with Gasteiger partial charge in [-0.1, -0.05) is 12.2 Å². The molecule has 92 valence electrons. The first-order valence-electron chi connectivity index (χ1n) is 4.61. The van der Waals surface area contributed by atoms with Gasteiger partial charge in [0.25, 0.3) is 0 Å². The van der Waals surface area contributed by atoms with Crippen LogP contribution in [0.3, 0.4) is 0 Å². The standard InChI is InChI=1S/C11H9F3O3/c12-8-5-4-7(2-1-3-10(15)16)9(6-8)17-11(13)14/h1-2,4-6,11H,3H2,(H,15,16). The van der Waals surface area contributed by atoms with E-state index < -0.39 is 18.4 Å². The minimum Gasteiger partial charge on any atom is -0.481 e. The summed E-state index contributed by atoms with van der Waals surface area (Å²) in [5, 5.41) is 8.39. The van der Waals surface area contributed by atoms with Crippen molar-refractivity contribution in [2.75, 3.05) is 0 Å². The summed E-state index contributed by atoms with van der Waals surface area (Å²) in [6.07, 6.45) is 2.28. The normalized spacial score (nSPS) is 11.1. The van der Waals surface area contributed by atoms with Gasteiger partial charge in [0.1, 0.15) is 11.6 Å². The monoisotopic (exact) mass is 246 g/mol. The molecule has 0 atom stereocenters. The molecule has 0 unspecified atom stereocenters. The molecule has 0 amide bonds. The molecule has 3 nitrogen and oxygen atoms in total. The van der Waals surface area contributed by atoms with Gasteiger partial charge in [-0.3, -0.25) is 4.79 Å². The summed E-state index contributed by atoms with van der Waals surface area (Å²) in [5.41, 5.74) is 0.188. The molecule has 1 rings (SSSR count). The number of carboxylic acid groups (broad SMARTS) is 1. The minimum atomic E-state index is -3.07. The maximum atomic E-state index is 12.8. The zero-order valence-corrected chi connectivity index (χ0v) is 8.57. The van der Waals surface area contributed by atoms with E-state index in [4.69, 9.17) is 5.11 Å². The van der Waals surface area contributed by atoms with Crippen molar-refractivity contribution in [3.63, 3.8) is 0 Å². The first-order chi connectivity index (χ1) is 7.99. The van der Waals surface area contributed by atoms with Crippen molar-refractivity contribution in [3.8, 4) is 5.75 Å². The van der Waals surface area contributed by atoms with Gasteiger partial charge in [-0.05, 0) is 12.1 Å². The van der Waals surface area contributed by atoms with Crippen molar-refractivity contribution >= 4 is 12.0 Å². The summed E-state index contributed by atoms with van der Waals surface area (Å²) in [6, 6.07) is 3.11. The average Bonchev–Trinajstić information content (AvgIpc) is 2.20. The molecule has 0 spiro atoms. The molecule has 0 fully saturated rings. The fraction of sp³-hybridized carbons (Fsp3) is 0.182. The van der Waals surface area contributed by atoms with E-state index in [2.05, 4.69) is 4.74 Å². The molecule has 0 bridgehead atoms. The van der Waals surface area contributed by atoms with E-state index in [0.29, 0.717) is 0 Å². The summed E-state index contributed by atoms with van der Waals surface area (Å²) in [5.74, 6) is -2.10. The topological polar surface area (TPSA) is 46.5 Å². The number of alkyl halides is 2. The molecular formula is C11H9F3O3. The molecular weight excluding hydrogens is 237 g/mol. The molecule has 0 aliphatic rings. The highest BCUT2D eigenvalue weighted by atomic mass is 19.3. The Bertz CT molecular complexity index is 430. The second-order valence-electron chi connectivity index (χ2n) is 3.06. The molecule has 6 heteroatoms. The number of benzene rings is 1. The van der Waals surface area contributed by atoms with Crippen LogP contribution in [0.25, 0.3) is 6.08 Å². The number of carboxylic acids is 1. The van der Waals surface area contributed by atoms with Crippen LogP contribution in [0.15, 0.2) is 24.3 Å². The van der Waals surface area contributed by atoms with Gasteiger partial charge >= 0.3 is 12.6 Å². The Morgan fingerprint density at radius 2 is 2.18 bits per heavy atom. The average molecular weight is 246 g/mol. The maximum Gasteiger partial charge on any atom is 0.387 e. The molecule has 0 aliphatic heterocycles. The van der Waals surface area contributed by atoms with Crippen LogP contribution in [0.5, 0.6) is 5.75 Å². The molecule has 1 aromatic rings. The van der Waals surface area contributed by atoms with Crippen LogP contribution in [-0.4, -0.2) is 17.7 Å². The van der Waals surface area contributed by atoms with Crippen molar-refractivity contribution in [2.24, 2.45) is 0 Å². The van der Waals surface area contributed by atoms with Gasteiger partial charge < -0.3 is 9.84 Å². The highest BCUT2D eigenvalue weighted by molar-refractivity contribution is 5.71. The van der Waals surface area contributed by atoms with Crippen LogP contribution >= 0.6 is 0 Å². The van der Waals surface area contributed by atoms with Gasteiger partial charge in [0, 0.05) is 11.6 Å². The van der Waals surface area contributed by atoms with Crippen LogP contribution < -0.4 is 4.74 Å². The number of rotatable bonds is 5. The summed E-state index contributed by atoms with van der Waals surface area (Å²) < 4.78 is 41.0. The van der Waals surface area contributed by atoms with Crippen molar-refractivity contribution in [3.05, 3.63) is 35.7 Å². The highest BCUT2D eigenvalue weighted by Crippen LogP contribution is 2.23. The van der Waals surface area contributed by atoms with Crippen LogP contribution in [0.1, 0.15) is 12.0 Å². The van der Waals surface area contributed by atoms with Crippen LogP contribution in [-0.2, 0) is 4.79 Å². The lowest BCUT2D eigenvalue weighted by Crippen LogP contribution is -2.03. The Morgan fingerprint density at radius 1 is 1.47 bits per heavy atom. The van der Waals surface area contributed by atoms with Crippen molar-refractivity contribution in [2.45, 2.75) is 13.0 Å². The van der Waals surface area contributed by atoms with E-state index in [1.54, 1.807) is 0 Å². The first kappa shape index (κ1) is 13.1. The van der Waals surface area contributed by atoms with Crippen LogP contribution in [0, 0.1) is 5.82 Å². The van der Waals surface area contributed by atoms with Crippen LogP contribution in [0.4, 0.5) is 13.2 Å². The SMILES string of the molecule is O=C(O)CC=Cc1ccc(F)cc1OC(F)F.